The third-order valence-corrected chi connectivity index (χ3v) is 3.86. The lowest BCUT2D eigenvalue weighted by atomic mass is 9.98. The van der Waals surface area contributed by atoms with Crippen molar-refractivity contribution in [2.45, 2.75) is 39.3 Å². The minimum absolute atomic E-state index is 0.0792. The van der Waals surface area contributed by atoms with Crippen LogP contribution in [0.5, 0.6) is 0 Å². The molecule has 2 rings (SSSR count). The highest BCUT2D eigenvalue weighted by Gasteiger charge is 2.25. The first-order chi connectivity index (χ1) is 9.08. The van der Waals surface area contributed by atoms with Gasteiger partial charge in [0, 0.05) is 19.1 Å². The summed E-state index contributed by atoms with van der Waals surface area (Å²) in [5, 5.41) is 0. The molecule has 1 aromatic carbocycles. The van der Waals surface area contributed by atoms with Crippen molar-refractivity contribution in [3.8, 4) is 0 Å². The number of benzene rings is 1. The molecule has 3 nitrogen and oxygen atoms in total. The predicted molar refractivity (Wildman–Crippen MR) is 79.4 cm³/mol. The summed E-state index contributed by atoms with van der Waals surface area (Å²) in [5.74, 6) is 0. The van der Waals surface area contributed by atoms with Gasteiger partial charge in [0.25, 0.3) is 0 Å². The summed E-state index contributed by atoms with van der Waals surface area (Å²) in [6.07, 6.45) is 1.06. The highest BCUT2D eigenvalue weighted by molar-refractivity contribution is 5.29. The minimum Gasteiger partial charge on any atom is -0.374 e. The van der Waals surface area contributed by atoms with Crippen molar-refractivity contribution in [1.29, 1.82) is 0 Å². The second-order valence-electron chi connectivity index (χ2n) is 5.67. The molecular formula is C16H26N2O. The van der Waals surface area contributed by atoms with Crippen LogP contribution in [0.25, 0.3) is 0 Å². The lowest BCUT2D eigenvalue weighted by Gasteiger charge is -2.35. The molecule has 2 atom stereocenters. The maximum absolute atomic E-state index is 6.35. The first-order valence-corrected chi connectivity index (χ1v) is 7.25. The predicted octanol–water partition coefficient (Wildman–Crippen LogP) is 1.89. The van der Waals surface area contributed by atoms with E-state index < -0.39 is 0 Å². The lowest BCUT2D eigenvalue weighted by Crippen LogP contribution is -2.51. The molecule has 1 aliphatic rings. The molecule has 0 amide bonds. The Balaban J connectivity index is 1.98. The van der Waals surface area contributed by atoms with Crippen molar-refractivity contribution < 1.29 is 4.74 Å². The van der Waals surface area contributed by atoms with Gasteiger partial charge in [0.15, 0.2) is 0 Å². The first-order valence-electron chi connectivity index (χ1n) is 7.25. The molecule has 0 spiro atoms. The van der Waals surface area contributed by atoms with E-state index in [2.05, 4.69) is 43.9 Å². The molecule has 1 saturated heterocycles. The molecular weight excluding hydrogens is 236 g/mol. The molecule has 1 heterocycles. The number of hydrogen-bond acceptors (Lipinski definition) is 3. The molecule has 106 valence electrons. The fourth-order valence-electron chi connectivity index (χ4n) is 2.87. The fourth-order valence-corrected chi connectivity index (χ4v) is 2.87. The van der Waals surface area contributed by atoms with Gasteiger partial charge < -0.3 is 10.5 Å². The van der Waals surface area contributed by atoms with Crippen molar-refractivity contribution in [2.24, 2.45) is 5.73 Å². The second kappa shape index (κ2) is 6.51. The SMILES string of the molecule is CCN1CCOC(C(N)Cc2cc(C)cc(C)c2)C1. The lowest BCUT2D eigenvalue weighted by molar-refractivity contribution is -0.0385. The van der Waals surface area contributed by atoms with Crippen LogP contribution in [-0.4, -0.2) is 43.3 Å². The minimum atomic E-state index is 0.0792. The van der Waals surface area contributed by atoms with E-state index in [0.717, 1.165) is 32.7 Å². The average molecular weight is 262 g/mol. The maximum Gasteiger partial charge on any atom is 0.0856 e. The molecule has 1 aliphatic heterocycles. The van der Waals surface area contributed by atoms with E-state index in [1.807, 2.05) is 0 Å². The number of rotatable bonds is 4. The van der Waals surface area contributed by atoms with Gasteiger partial charge in [-0.25, -0.2) is 0 Å². The Morgan fingerprint density at radius 1 is 1.32 bits per heavy atom. The van der Waals surface area contributed by atoms with Gasteiger partial charge in [0.2, 0.25) is 0 Å². The third-order valence-electron chi connectivity index (χ3n) is 3.86. The second-order valence-corrected chi connectivity index (χ2v) is 5.67. The Morgan fingerprint density at radius 3 is 2.63 bits per heavy atom. The molecule has 3 heteroatoms. The van der Waals surface area contributed by atoms with Crippen molar-refractivity contribution >= 4 is 0 Å². The smallest absolute Gasteiger partial charge is 0.0856 e. The number of hydrogen-bond donors (Lipinski definition) is 1. The van der Waals surface area contributed by atoms with Gasteiger partial charge in [0.1, 0.15) is 0 Å². The van der Waals surface area contributed by atoms with E-state index in [1.165, 1.54) is 16.7 Å². The van der Waals surface area contributed by atoms with E-state index in [1.54, 1.807) is 0 Å². The van der Waals surface area contributed by atoms with Crippen LogP contribution in [-0.2, 0) is 11.2 Å². The molecule has 0 bridgehead atoms. The first kappa shape index (κ1) is 14.5. The van der Waals surface area contributed by atoms with Crippen molar-refractivity contribution in [1.82, 2.24) is 4.90 Å². The van der Waals surface area contributed by atoms with Crippen molar-refractivity contribution in [3.63, 3.8) is 0 Å². The van der Waals surface area contributed by atoms with E-state index in [4.69, 9.17) is 10.5 Å². The summed E-state index contributed by atoms with van der Waals surface area (Å²) in [7, 11) is 0. The monoisotopic (exact) mass is 262 g/mol. The van der Waals surface area contributed by atoms with Crippen LogP contribution in [0.3, 0.4) is 0 Å². The van der Waals surface area contributed by atoms with Crippen LogP contribution in [0.1, 0.15) is 23.6 Å². The Bertz CT molecular complexity index is 399. The van der Waals surface area contributed by atoms with Crippen LogP contribution >= 0.6 is 0 Å². The Hall–Kier alpha value is -0.900. The van der Waals surface area contributed by atoms with E-state index >= 15 is 0 Å². The molecule has 19 heavy (non-hydrogen) atoms. The summed E-state index contributed by atoms with van der Waals surface area (Å²) in [6.45, 7) is 10.3. The Kier molecular flexibility index (Phi) is 4.97. The molecule has 0 aliphatic carbocycles. The van der Waals surface area contributed by atoms with Crippen molar-refractivity contribution in [3.05, 3.63) is 34.9 Å². The number of morpholine rings is 1. The normalized spacial score (nSPS) is 22.4. The highest BCUT2D eigenvalue weighted by Crippen LogP contribution is 2.14. The quantitative estimate of drug-likeness (QED) is 0.900. The number of nitrogens with zero attached hydrogens (tertiary/aromatic N) is 1. The zero-order valence-electron chi connectivity index (χ0n) is 12.4. The van der Waals surface area contributed by atoms with Gasteiger partial charge in [-0.2, -0.15) is 0 Å². The number of ether oxygens (including phenoxy) is 1. The Morgan fingerprint density at radius 2 is 2.00 bits per heavy atom. The summed E-state index contributed by atoms with van der Waals surface area (Å²) in [6, 6.07) is 6.74. The van der Waals surface area contributed by atoms with E-state index in [9.17, 15) is 0 Å². The van der Waals surface area contributed by atoms with E-state index in [0.29, 0.717) is 0 Å². The summed E-state index contributed by atoms with van der Waals surface area (Å²) in [5.41, 5.74) is 10.3. The zero-order valence-corrected chi connectivity index (χ0v) is 12.4. The molecule has 2 unspecified atom stereocenters. The average Bonchev–Trinajstić information content (AvgIpc) is 2.37. The van der Waals surface area contributed by atoms with Crippen LogP contribution in [0, 0.1) is 13.8 Å². The largest absolute Gasteiger partial charge is 0.374 e. The number of nitrogens with two attached hydrogens (primary N) is 1. The zero-order chi connectivity index (χ0) is 13.8. The standard InChI is InChI=1S/C16H26N2O/c1-4-18-5-6-19-16(11-18)15(17)10-14-8-12(2)7-13(3)9-14/h7-9,15-16H,4-6,10-11,17H2,1-3H3. The van der Waals surface area contributed by atoms with Gasteiger partial charge in [-0.3, -0.25) is 4.90 Å². The van der Waals surface area contributed by atoms with Crippen LogP contribution < -0.4 is 5.73 Å². The van der Waals surface area contributed by atoms with Gasteiger partial charge in [-0.15, -0.1) is 0 Å². The van der Waals surface area contributed by atoms with Crippen LogP contribution in [0.15, 0.2) is 18.2 Å². The van der Waals surface area contributed by atoms with E-state index in [-0.39, 0.29) is 12.1 Å². The third kappa shape index (κ3) is 4.03. The molecule has 1 fully saturated rings. The Labute approximate surface area is 116 Å². The summed E-state index contributed by atoms with van der Waals surface area (Å²) in [4.78, 5) is 2.41. The van der Waals surface area contributed by atoms with Crippen LogP contribution in [0.4, 0.5) is 0 Å². The summed E-state index contributed by atoms with van der Waals surface area (Å²) >= 11 is 0. The molecule has 0 radical (unpaired) electrons. The molecule has 1 aromatic rings. The van der Waals surface area contributed by atoms with Gasteiger partial charge in [0.05, 0.1) is 12.7 Å². The summed E-state index contributed by atoms with van der Waals surface area (Å²) < 4.78 is 5.84. The fraction of sp³-hybridized carbons (Fsp3) is 0.625. The number of aryl methyl sites for hydroxylation is 2. The number of likely N-dealkylation sites (N-methyl/N-ethyl adjacent to an activating group) is 1. The molecule has 2 N–H and O–H groups in total. The van der Waals surface area contributed by atoms with Gasteiger partial charge >= 0.3 is 0 Å². The van der Waals surface area contributed by atoms with Gasteiger partial charge in [-0.05, 0) is 32.4 Å². The topological polar surface area (TPSA) is 38.5 Å². The molecule has 0 aromatic heterocycles. The van der Waals surface area contributed by atoms with Crippen molar-refractivity contribution in [2.75, 3.05) is 26.2 Å². The van der Waals surface area contributed by atoms with Gasteiger partial charge in [-0.1, -0.05) is 36.2 Å². The maximum atomic E-state index is 6.35. The molecule has 0 saturated carbocycles. The highest BCUT2D eigenvalue weighted by atomic mass is 16.5. The van der Waals surface area contributed by atoms with Crippen LogP contribution in [0.2, 0.25) is 0 Å².